The topological polar surface area (TPSA) is 141 Å². The number of hydrogen-bond acceptors (Lipinski definition) is 6. The van der Waals surface area contributed by atoms with Crippen molar-refractivity contribution in [2.45, 2.75) is 31.8 Å². The highest BCUT2D eigenvalue weighted by atomic mass is 16.4. The number of aliphatic hydroxyl groups is 1. The van der Waals surface area contributed by atoms with Crippen LogP contribution >= 0.6 is 0 Å². The molecule has 0 saturated carbocycles. The summed E-state index contributed by atoms with van der Waals surface area (Å²) in [6, 6.07) is 0. The van der Waals surface area contributed by atoms with Crippen LogP contribution in [0.1, 0.15) is 25.7 Å². The Morgan fingerprint density at radius 3 is 2.14 bits per heavy atom. The van der Waals surface area contributed by atoms with E-state index in [1.165, 1.54) is 12.2 Å². The molecule has 1 saturated heterocycles. The molecule has 2 aliphatic rings. The lowest BCUT2D eigenvalue weighted by atomic mass is 10.2. The molecular weight excluding hydrogens is 296 g/mol. The Hall–Kier alpha value is -2.55. The van der Waals surface area contributed by atoms with E-state index in [1.54, 1.807) is 0 Å². The van der Waals surface area contributed by atoms with Crippen LogP contribution in [0, 0.1) is 0 Å². The third-order valence-corrected chi connectivity index (χ3v) is 2.87. The summed E-state index contributed by atoms with van der Waals surface area (Å²) in [6.45, 7) is 0.304. The van der Waals surface area contributed by atoms with E-state index >= 15 is 0 Å². The fourth-order valence-electron chi connectivity index (χ4n) is 1.74. The van der Waals surface area contributed by atoms with Gasteiger partial charge in [-0.2, -0.15) is 0 Å². The average molecular weight is 312 g/mol. The number of carboxylic acid groups (broad SMARTS) is 1. The number of carbonyl (C=O) groups excluding carboxylic acids is 4. The number of aliphatic carboxylic acids is 1. The lowest BCUT2D eigenvalue weighted by Crippen LogP contribution is -2.30. The van der Waals surface area contributed by atoms with Crippen molar-refractivity contribution in [3.63, 3.8) is 0 Å². The Kier molecular flexibility index (Phi) is 6.39. The lowest BCUT2D eigenvalue weighted by Gasteiger charge is -2.12. The quantitative estimate of drug-likeness (QED) is 0.417. The number of hydrogen-bond donors (Lipinski definition) is 3. The predicted molar refractivity (Wildman–Crippen MR) is 71.1 cm³/mol. The zero-order chi connectivity index (χ0) is 16.7. The van der Waals surface area contributed by atoms with Crippen LogP contribution in [0.5, 0.6) is 0 Å². The summed E-state index contributed by atoms with van der Waals surface area (Å²) >= 11 is 0. The summed E-state index contributed by atoms with van der Waals surface area (Å²) in [5.41, 5.74) is 0. The Morgan fingerprint density at radius 1 is 1.18 bits per heavy atom. The molecule has 9 nitrogen and oxygen atoms in total. The minimum absolute atomic E-state index is 0.0731. The van der Waals surface area contributed by atoms with Crippen molar-refractivity contribution in [1.82, 2.24) is 10.2 Å². The molecule has 22 heavy (non-hydrogen) atoms. The average Bonchev–Trinajstić information content (AvgIpc) is 2.89. The summed E-state index contributed by atoms with van der Waals surface area (Å²) in [4.78, 5) is 53.7. The van der Waals surface area contributed by atoms with Crippen LogP contribution < -0.4 is 5.32 Å². The van der Waals surface area contributed by atoms with E-state index in [1.807, 2.05) is 5.32 Å². The number of nitrogens with one attached hydrogen (secondary N) is 1. The molecule has 3 N–H and O–H groups in total. The highest BCUT2D eigenvalue weighted by molar-refractivity contribution is 6.12. The van der Waals surface area contributed by atoms with E-state index in [-0.39, 0.29) is 24.7 Å². The van der Waals surface area contributed by atoms with Crippen LogP contribution in [0.2, 0.25) is 0 Å². The van der Waals surface area contributed by atoms with Gasteiger partial charge < -0.3 is 10.2 Å². The molecule has 0 radical (unpaired) electrons. The molecule has 9 heteroatoms. The first-order chi connectivity index (χ1) is 10.3. The smallest absolute Gasteiger partial charge is 0.303 e. The summed E-state index contributed by atoms with van der Waals surface area (Å²) in [6.07, 6.45) is 2.34. The second kappa shape index (κ2) is 8.03. The molecule has 0 spiro atoms. The SMILES string of the molecule is O=C(O)CCCCN1C(=O)C=CC1=O.O=C1CC(O)C(=O)N1. The van der Waals surface area contributed by atoms with Crippen molar-refractivity contribution in [3.05, 3.63) is 12.2 Å². The molecule has 0 aromatic rings. The number of carboxylic acids is 1. The molecule has 0 aromatic carbocycles. The molecule has 2 heterocycles. The summed E-state index contributed by atoms with van der Waals surface area (Å²) < 4.78 is 0. The highest BCUT2D eigenvalue weighted by Gasteiger charge is 2.27. The minimum atomic E-state index is -1.11. The van der Waals surface area contributed by atoms with Gasteiger partial charge in [0.25, 0.3) is 17.7 Å². The van der Waals surface area contributed by atoms with Crippen molar-refractivity contribution < 1.29 is 34.2 Å². The largest absolute Gasteiger partial charge is 0.481 e. The second-order valence-corrected chi connectivity index (χ2v) is 4.64. The van der Waals surface area contributed by atoms with Gasteiger partial charge in [-0.25, -0.2) is 0 Å². The third-order valence-electron chi connectivity index (χ3n) is 2.87. The highest BCUT2D eigenvalue weighted by Crippen LogP contribution is 2.06. The number of unbranched alkanes of at least 4 members (excludes halogenated alkanes) is 1. The van der Waals surface area contributed by atoms with Crippen molar-refractivity contribution in [2.75, 3.05) is 6.54 Å². The normalized spacial score (nSPS) is 20.0. The van der Waals surface area contributed by atoms with Crippen LogP contribution in [-0.4, -0.2) is 57.4 Å². The van der Waals surface area contributed by atoms with Crippen LogP contribution in [0.3, 0.4) is 0 Å². The number of imide groups is 2. The third kappa shape index (κ3) is 5.44. The molecule has 4 amide bonds. The number of aliphatic hydroxyl groups excluding tert-OH is 1. The number of carbonyl (C=O) groups is 5. The van der Waals surface area contributed by atoms with Gasteiger partial charge in [0, 0.05) is 25.1 Å². The Morgan fingerprint density at radius 2 is 1.77 bits per heavy atom. The van der Waals surface area contributed by atoms with Gasteiger partial charge in [0.2, 0.25) is 5.91 Å². The number of amides is 4. The molecule has 1 atom stereocenters. The van der Waals surface area contributed by atoms with Gasteiger partial charge in [-0.1, -0.05) is 0 Å². The molecule has 1 unspecified atom stereocenters. The first-order valence-corrected chi connectivity index (χ1v) is 6.58. The molecule has 2 aliphatic heterocycles. The Bertz CT molecular complexity index is 508. The Labute approximate surface area is 125 Å². The van der Waals surface area contributed by atoms with E-state index in [0.717, 1.165) is 4.90 Å². The summed E-state index contributed by atoms with van der Waals surface area (Å²) in [7, 11) is 0. The molecular formula is C13H16N2O7. The van der Waals surface area contributed by atoms with Crippen LogP contribution in [-0.2, 0) is 24.0 Å². The van der Waals surface area contributed by atoms with Gasteiger partial charge in [-0.05, 0) is 12.8 Å². The van der Waals surface area contributed by atoms with Gasteiger partial charge in [0.15, 0.2) is 0 Å². The summed E-state index contributed by atoms with van der Waals surface area (Å²) in [5.74, 6) is -2.48. The fraction of sp³-hybridized carbons (Fsp3) is 0.462. The molecule has 0 aromatic heterocycles. The standard InChI is InChI=1S/C9H11NO4.C4H5NO3/c11-7-4-5-8(12)10(7)6-2-1-3-9(13)14;6-2-1-3(7)5-4(2)8/h4-5H,1-3,6H2,(H,13,14);2,6H,1H2,(H,5,7,8). The maximum Gasteiger partial charge on any atom is 0.303 e. The van der Waals surface area contributed by atoms with Gasteiger partial charge in [-0.15, -0.1) is 0 Å². The number of nitrogens with zero attached hydrogens (tertiary/aromatic N) is 1. The van der Waals surface area contributed by atoms with Crippen LogP contribution in [0.15, 0.2) is 12.2 Å². The lowest BCUT2D eigenvalue weighted by molar-refractivity contribution is -0.137. The molecule has 0 aliphatic carbocycles. The first-order valence-electron chi connectivity index (χ1n) is 6.58. The number of rotatable bonds is 5. The predicted octanol–water partition coefficient (Wildman–Crippen LogP) is -1.44. The molecule has 0 bridgehead atoms. The van der Waals surface area contributed by atoms with Gasteiger partial charge >= 0.3 is 5.97 Å². The first kappa shape index (κ1) is 17.5. The van der Waals surface area contributed by atoms with Crippen LogP contribution in [0.4, 0.5) is 0 Å². The van der Waals surface area contributed by atoms with Gasteiger partial charge in [-0.3, -0.25) is 34.2 Å². The Balaban J connectivity index is 0.000000255. The van der Waals surface area contributed by atoms with E-state index in [2.05, 4.69) is 0 Å². The zero-order valence-corrected chi connectivity index (χ0v) is 11.7. The van der Waals surface area contributed by atoms with Gasteiger partial charge in [0.05, 0.1) is 6.42 Å². The monoisotopic (exact) mass is 312 g/mol. The van der Waals surface area contributed by atoms with Crippen LogP contribution in [0.25, 0.3) is 0 Å². The van der Waals surface area contributed by atoms with Crippen molar-refractivity contribution in [3.8, 4) is 0 Å². The maximum atomic E-state index is 11.0. The van der Waals surface area contributed by atoms with E-state index in [4.69, 9.17) is 10.2 Å². The molecule has 2 rings (SSSR count). The summed E-state index contributed by atoms with van der Waals surface area (Å²) in [5, 5.41) is 18.8. The zero-order valence-electron chi connectivity index (χ0n) is 11.7. The molecule has 1 fully saturated rings. The minimum Gasteiger partial charge on any atom is -0.481 e. The van der Waals surface area contributed by atoms with E-state index in [9.17, 15) is 24.0 Å². The fourth-order valence-corrected chi connectivity index (χ4v) is 1.74. The van der Waals surface area contributed by atoms with E-state index < -0.39 is 23.9 Å². The maximum absolute atomic E-state index is 11.0. The second-order valence-electron chi connectivity index (χ2n) is 4.64. The van der Waals surface area contributed by atoms with E-state index in [0.29, 0.717) is 19.4 Å². The molecule has 120 valence electrons. The van der Waals surface area contributed by atoms with Crippen molar-refractivity contribution in [2.24, 2.45) is 0 Å². The van der Waals surface area contributed by atoms with Crippen molar-refractivity contribution in [1.29, 1.82) is 0 Å². The van der Waals surface area contributed by atoms with Crippen molar-refractivity contribution >= 4 is 29.6 Å². The van der Waals surface area contributed by atoms with Gasteiger partial charge in [0.1, 0.15) is 6.10 Å².